The zero-order valence-electron chi connectivity index (χ0n) is 15.4. The first-order valence-corrected chi connectivity index (χ1v) is 8.83. The summed E-state index contributed by atoms with van der Waals surface area (Å²) in [5, 5.41) is 15.8. The van der Waals surface area contributed by atoms with E-state index in [1.807, 2.05) is 12.1 Å². The fraction of sp³-hybridized carbons (Fsp3) is 0.263. The molecule has 2 N–H and O–H groups in total. The minimum atomic E-state index is -0.975. The molecule has 1 aliphatic heterocycles. The number of para-hydroxylation sites is 2. The van der Waals surface area contributed by atoms with Crippen LogP contribution in [0.2, 0.25) is 0 Å². The van der Waals surface area contributed by atoms with E-state index in [2.05, 4.69) is 27.5 Å². The third-order valence-corrected chi connectivity index (χ3v) is 4.55. The minimum Gasteiger partial charge on any atom is -0.369 e. The fourth-order valence-corrected chi connectivity index (χ4v) is 2.93. The number of carbonyl (C=O) groups is 2. The lowest BCUT2D eigenvalue weighted by Crippen LogP contribution is -2.44. The second-order valence-electron chi connectivity index (χ2n) is 6.52. The molecule has 1 saturated heterocycles. The quantitative estimate of drug-likeness (QED) is 0.474. The largest absolute Gasteiger partial charge is 0.369 e. The third-order valence-electron chi connectivity index (χ3n) is 4.55. The summed E-state index contributed by atoms with van der Waals surface area (Å²) < 4.78 is 0. The summed E-state index contributed by atoms with van der Waals surface area (Å²) >= 11 is 0. The number of piperazine rings is 1. The Morgan fingerprint density at radius 1 is 0.929 bits per heavy atom. The topological polar surface area (TPSA) is 108 Å². The number of nitro groups is 1. The molecule has 0 radical (unpaired) electrons. The Labute approximate surface area is 162 Å². The first-order valence-electron chi connectivity index (χ1n) is 8.83. The summed E-state index contributed by atoms with van der Waals surface area (Å²) in [5.41, 5.74) is 1.22. The summed E-state index contributed by atoms with van der Waals surface area (Å²) in [5.74, 6) is -1.87. The molecule has 0 unspecified atom stereocenters. The summed E-state index contributed by atoms with van der Waals surface area (Å²) in [6.45, 7) is 3.84. The van der Waals surface area contributed by atoms with Crippen LogP contribution in [0.5, 0.6) is 0 Å². The number of hydrogen-bond acceptors (Lipinski definition) is 6. The molecule has 1 aliphatic rings. The summed E-state index contributed by atoms with van der Waals surface area (Å²) in [4.78, 5) is 39.1. The van der Waals surface area contributed by atoms with E-state index in [9.17, 15) is 19.7 Å². The van der Waals surface area contributed by atoms with Crippen LogP contribution in [0.4, 0.5) is 22.7 Å². The molecule has 2 aromatic carbocycles. The Morgan fingerprint density at radius 3 is 2.18 bits per heavy atom. The van der Waals surface area contributed by atoms with Crippen molar-refractivity contribution in [1.82, 2.24) is 4.90 Å². The normalized spacial score (nSPS) is 14.4. The van der Waals surface area contributed by atoms with Gasteiger partial charge in [0.15, 0.2) is 0 Å². The Kier molecular flexibility index (Phi) is 5.85. The average Bonchev–Trinajstić information content (AvgIpc) is 2.69. The molecule has 0 aromatic heterocycles. The molecule has 0 saturated carbocycles. The van der Waals surface area contributed by atoms with E-state index in [1.165, 1.54) is 24.3 Å². The van der Waals surface area contributed by atoms with Crippen LogP contribution in [0, 0.1) is 10.1 Å². The van der Waals surface area contributed by atoms with Crippen LogP contribution >= 0.6 is 0 Å². The first-order chi connectivity index (χ1) is 13.4. The zero-order chi connectivity index (χ0) is 20.1. The highest BCUT2D eigenvalue weighted by molar-refractivity contribution is 6.43. The van der Waals surface area contributed by atoms with Crippen LogP contribution in [-0.4, -0.2) is 54.9 Å². The molecular weight excluding hydrogens is 362 g/mol. The van der Waals surface area contributed by atoms with Gasteiger partial charge in [-0.1, -0.05) is 12.1 Å². The fourth-order valence-electron chi connectivity index (χ4n) is 2.93. The van der Waals surface area contributed by atoms with E-state index in [-0.39, 0.29) is 11.4 Å². The summed E-state index contributed by atoms with van der Waals surface area (Å²) in [7, 11) is 2.09. The van der Waals surface area contributed by atoms with E-state index in [1.54, 1.807) is 12.1 Å². The number of nitrogens with one attached hydrogen (secondary N) is 2. The number of hydrogen-bond donors (Lipinski definition) is 2. The minimum absolute atomic E-state index is 0.0296. The van der Waals surface area contributed by atoms with Crippen molar-refractivity contribution in [2.24, 2.45) is 0 Å². The maximum atomic E-state index is 12.1. The van der Waals surface area contributed by atoms with Gasteiger partial charge >= 0.3 is 11.8 Å². The van der Waals surface area contributed by atoms with Crippen molar-refractivity contribution in [3.63, 3.8) is 0 Å². The Bertz CT molecular complexity index is 876. The summed E-state index contributed by atoms with van der Waals surface area (Å²) in [6.07, 6.45) is 0. The monoisotopic (exact) mass is 383 g/mol. The van der Waals surface area contributed by atoms with Crippen molar-refractivity contribution < 1.29 is 14.5 Å². The second kappa shape index (κ2) is 8.49. The predicted molar refractivity (Wildman–Crippen MR) is 107 cm³/mol. The standard InChI is InChI=1S/C19H21N5O4/c1-22-10-12-23(13-11-22)15-8-6-14(7-9-15)20-18(25)19(26)21-16-4-2-3-5-17(16)24(27)28/h2-9H,10-13H2,1H3,(H,20,25)(H,21,26). The van der Waals surface area contributed by atoms with E-state index in [4.69, 9.17) is 0 Å². The molecule has 2 aromatic rings. The van der Waals surface area contributed by atoms with Gasteiger partial charge in [-0.2, -0.15) is 0 Å². The Morgan fingerprint density at radius 2 is 1.54 bits per heavy atom. The molecular formula is C19H21N5O4. The molecule has 3 rings (SSSR count). The maximum absolute atomic E-state index is 12.1. The van der Waals surface area contributed by atoms with Crippen LogP contribution in [0.1, 0.15) is 0 Å². The van der Waals surface area contributed by atoms with Gasteiger partial charge in [-0.15, -0.1) is 0 Å². The number of nitrogens with zero attached hydrogens (tertiary/aromatic N) is 3. The number of anilines is 3. The van der Waals surface area contributed by atoms with Crippen molar-refractivity contribution in [3.8, 4) is 0 Å². The highest BCUT2D eigenvalue weighted by Gasteiger charge is 2.20. The molecule has 0 spiro atoms. The van der Waals surface area contributed by atoms with Gasteiger partial charge < -0.3 is 20.4 Å². The Balaban J connectivity index is 1.60. The molecule has 2 amide bonds. The number of nitro benzene ring substituents is 1. The highest BCUT2D eigenvalue weighted by Crippen LogP contribution is 2.23. The molecule has 0 aliphatic carbocycles. The second-order valence-corrected chi connectivity index (χ2v) is 6.52. The molecule has 1 fully saturated rings. The van der Waals surface area contributed by atoms with E-state index < -0.39 is 16.7 Å². The van der Waals surface area contributed by atoms with Gasteiger partial charge in [0.2, 0.25) is 0 Å². The molecule has 9 nitrogen and oxygen atoms in total. The Hall–Kier alpha value is -3.46. The lowest BCUT2D eigenvalue weighted by molar-refractivity contribution is -0.383. The van der Waals surface area contributed by atoms with Gasteiger partial charge in [-0.05, 0) is 37.4 Å². The van der Waals surface area contributed by atoms with Gasteiger partial charge in [0.1, 0.15) is 5.69 Å². The number of carbonyl (C=O) groups excluding carboxylic acids is 2. The SMILES string of the molecule is CN1CCN(c2ccc(NC(=O)C(=O)Nc3ccccc3[N+](=O)[O-])cc2)CC1. The first kappa shape index (κ1) is 19.3. The summed E-state index contributed by atoms with van der Waals surface area (Å²) in [6, 6.07) is 12.9. The molecule has 1 heterocycles. The third kappa shape index (κ3) is 4.63. The lowest BCUT2D eigenvalue weighted by Gasteiger charge is -2.34. The highest BCUT2D eigenvalue weighted by atomic mass is 16.6. The van der Waals surface area contributed by atoms with E-state index >= 15 is 0 Å². The van der Waals surface area contributed by atoms with E-state index in [0.717, 1.165) is 31.9 Å². The van der Waals surface area contributed by atoms with Crippen LogP contribution in [-0.2, 0) is 9.59 Å². The van der Waals surface area contributed by atoms with Gasteiger partial charge in [-0.25, -0.2) is 0 Å². The van der Waals surface area contributed by atoms with Gasteiger partial charge in [0, 0.05) is 43.6 Å². The van der Waals surface area contributed by atoms with Crippen LogP contribution in [0.3, 0.4) is 0 Å². The van der Waals surface area contributed by atoms with Crippen molar-refractivity contribution in [2.45, 2.75) is 0 Å². The van der Waals surface area contributed by atoms with E-state index in [0.29, 0.717) is 5.69 Å². The number of benzene rings is 2. The smallest absolute Gasteiger partial charge is 0.314 e. The lowest BCUT2D eigenvalue weighted by atomic mass is 10.2. The number of rotatable bonds is 4. The maximum Gasteiger partial charge on any atom is 0.314 e. The van der Waals surface area contributed by atoms with Crippen molar-refractivity contribution >= 4 is 34.6 Å². The van der Waals surface area contributed by atoms with Gasteiger partial charge in [-0.3, -0.25) is 19.7 Å². The van der Waals surface area contributed by atoms with Crippen molar-refractivity contribution in [3.05, 3.63) is 58.6 Å². The van der Waals surface area contributed by atoms with Crippen LogP contribution in [0.25, 0.3) is 0 Å². The molecule has 28 heavy (non-hydrogen) atoms. The molecule has 0 bridgehead atoms. The molecule has 0 atom stereocenters. The zero-order valence-corrected chi connectivity index (χ0v) is 15.4. The average molecular weight is 383 g/mol. The van der Waals surface area contributed by atoms with Gasteiger partial charge in [0.25, 0.3) is 5.69 Å². The van der Waals surface area contributed by atoms with Crippen LogP contribution < -0.4 is 15.5 Å². The number of likely N-dealkylation sites (N-methyl/N-ethyl adjacent to an activating group) is 1. The van der Waals surface area contributed by atoms with Crippen molar-refractivity contribution in [1.29, 1.82) is 0 Å². The van der Waals surface area contributed by atoms with Crippen molar-refractivity contribution in [2.75, 3.05) is 48.8 Å². The molecule has 9 heteroatoms. The predicted octanol–water partition coefficient (Wildman–Crippen LogP) is 1.92. The van der Waals surface area contributed by atoms with Gasteiger partial charge in [0.05, 0.1) is 4.92 Å². The van der Waals surface area contributed by atoms with Crippen LogP contribution in [0.15, 0.2) is 48.5 Å². The molecule has 146 valence electrons. The number of amides is 2.